The van der Waals surface area contributed by atoms with Crippen molar-refractivity contribution in [2.75, 3.05) is 19.6 Å². The predicted octanol–water partition coefficient (Wildman–Crippen LogP) is 1.47. The number of hydrogen-bond acceptors (Lipinski definition) is 2. The van der Waals surface area contributed by atoms with Crippen LogP contribution < -0.4 is 5.32 Å². The fourth-order valence-electron chi connectivity index (χ4n) is 2.45. The number of fused-ring (bicyclic) bond motifs is 1. The number of rotatable bonds is 0. The van der Waals surface area contributed by atoms with E-state index in [1.54, 1.807) is 0 Å². The summed E-state index contributed by atoms with van der Waals surface area (Å²) in [6, 6.07) is 0.750. The van der Waals surface area contributed by atoms with Crippen LogP contribution in [0.15, 0.2) is 0 Å². The molecule has 2 atom stereocenters. The zero-order valence-electron chi connectivity index (χ0n) is 9.35. The van der Waals surface area contributed by atoms with Crippen LogP contribution in [0.4, 0.5) is 0 Å². The summed E-state index contributed by atoms with van der Waals surface area (Å²) in [5.41, 5.74) is 0.959. The molecule has 2 saturated heterocycles. The van der Waals surface area contributed by atoms with Crippen LogP contribution in [-0.4, -0.2) is 36.1 Å². The van der Waals surface area contributed by atoms with Crippen LogP contribution in [0.5, 0.6) is 0 Å². The van der Waals surface area contributed by atoms with E-state index >= 15 is 0 Å². The third kappa shape index (κ3) is 1.50. The normalized spacial score (nSPS) is 41.1. The maximum Gasteiger partial charge on any atom is 0.0261 e. The Morgan fingerprint density at radius 3 is 2.46 bits per heavy atom. The lowest BCUT2D eigenvalue weighted by atomic mass is 9.69. The first-order valence-electron chi connectivity index (χ1n) is 5.40. The zero-order chi connectivity index (χ0) is 9.69. The molecule has 1 N–H and O–H groups in total. The Morgan fingerprint density at radius 2 is 2.08 bits per heavy atom. The van der Waals surface area contributed by atoms with Crippen molar-refractivity contribution in [2.45, 2.75) is 45.7 Å². The van der Waals surface area contributed by atoms with E-state index in [0.717, 1.165) is 6.04 Å². The minimum absolute atomic E-state index is 0.346. The van der Waals surface area contributed by atoms with Gasteiger partial charge in [-0.1, -0.05) is 6.92 Å². The van der Waals surface area contributed by atoms with Gasteiger partial charge in [0.1, 0.15) is 0 Å². The monoisotopic (exact) mass is 182 g/mol. The molecule has 0 amide bonds. The molecule has 76 valence electrons. The number of nitrogens with zero attached hydrogens (tertiary/aromatic N) is 1. The van der Waals surface area contributed by atoms with Crippen LogP contribution in [0.1, 0.15) is 34.1 Å². The molecule has 2 rings (SSSR count). The second-order valence-corrected chi connectivity index (χ2v) is 5.95. The van der Waals surface area contributed by atoms with Crippen molar-refractivity contribution in [3.05, 3.63) is 0 Å². The molecule has 0 spiro atoms. The number of nitrogens with one attached hydrogen (secondary N) is 1. The van der Waals surface area contributed by atoms with E-state index in [1.165, 1.54) is 26.1 Å². The molecule has 0 unspecified atom stereocenters. The van der Waals surface area contributed by atoms with Gasteiger partial charge in [0.05, 0.1) is 0 Å². The van der Waals surface area contributed by atoms with Crippen LogP contribution in [0.3, 0.4) is 0 Å². The maximum absolute atomic E-state index is 3.55. The summed E-state index contributed by atoms with van der Waals surface area (Å²) in [7, 11) is 0. The SMILES string of the molecule is CC(C)(C)N1CC[C@@]2(C)CN[C@H]2C1. The predicted molar refractivity (Wildman–Crippen MR) is 55.8 cm³/mol. The zero-order valence-corrected chi connectivity index (χ0v) is 9.35. The van der Waals surface area contributed by atoms with Gasteiger partial charge in [-0.15, -0.1) is 0 Å². The highest BCUT2D eigenvalue weighted by molar-refractivity contribution is 5.04. The second kappa shape index (κ2) is 2.71. The molecule has 13 heavy (non-hydrogen) atoms. The Balaban J connectivity index is 2.00. The standard InChI is InChI=1S/C11H22N2/c1-10(2,3)13-6-5-11(4)8-12-9(11)7-13/h9,12H,5-8H2,1-4H3/t9-,11-/m0/s1. The highest BCUT2D eigenvalue weighted by Gasteiger charge is 2.47. The Labute approximate surface area is 81.7 Å². The topological polar surface area (TPSA) is 15.3 Å². The molecule has 2 aliphatic rings. The van der Waals surface area contributed by atoms with Gasteiger partial charge in [-0.25, -0.2) is 0 Å². The van der Waals surface area contributed by atoms with E-state index in [0.29, 0.717) is 11.0 Å². The van der Waals surface area contributed by atoms with E-state index in [2.05, 4.69) is 37.9 Å². The van der Waals surface area contributed by atoms with E-state index in [-0.39, 0.29) is 0 Å². The molecular formula is C11H22N2. The highest BCUT2D eigenvalue weighted by atomic mass is 15.2. The van der Waals surface area contributed by atoms with Gasteiger partial charge in [-0.3, -0.25) is 4.90 Å². The lowest BCUT2D eigenvalue weighted by Gasteiger charge is -2.56. The molecule has 0 aromatic heterocycles. The molecule has 2 heterocycles. The summed E-state index contributed by atoms with van der Waals surface area (Å²) in [6.07, 6.45) is 1.36. The van der Waals surface area contributed by atoms with Gasteiger partial charge in [-0.05, 0) is 39.2 Å². The summed E-state index contributed by atoms with van der Waals surface area (Å²) < 4.78 is 0. The maximum atomic E-state index is 3.55. The summed E-state index contributed by atoms with van der Waals surface area (Å²) >= 11 is 0. The molecule has 0 aromatic carbocycles. The molecule has 2 nitrogen and oxygen atoms in total. The first-order chi connectivity index (χ1) is 5.92. The third-order valence-corrected chi connectivity index (χ3v) is 3.90. The molecule has 0 bridgehead atoms. The summed E-state index contributed by atoms with van der Waals surface area (Å²) in [5.74, 6) is 0. The average Bonchev–Trinajstić information content (AvgIpc) is 1.97. The lowest BCUT2D eigenvalue weighted by molar-refractivity contribution is -0.0275. The lowest BCUT2D eigenvalue weighted by Crippen LogP contribution is -2.70. The summed E-state index contributed by atoms with van der Waals surface area (Å²) in [5, 5.41) is 3.55. The van der Waals surface area contributed by atoms with E-state index in [4.69, 9.17) is 0 Å². The van der Waals surface area contributed by atoms with E-state index < -0.39 is 0 Å². The van der Waals surface area contributed by atoms with Gasteiger partial charge in [0.25, 0.3) is 0 Å². The van der Waals surface area contributed by atoms with Crippen LogP contribution in [0, 0.1) is 5.41 Å². The molecule has 0 saturated carbocycles. The Hall–Kier alpha value is -0.0800. The van der Waals surface area contributed by atoms with Gasteiger partial charge in [-0.2, -0.15) is 0 Å². The van der Waals surface area contributed by atoms with E-state index in [9.17, 15) is 0 Å². The van der Waals surface area contributed by atoms with Gasteiger partial charge in [0.15, 0.2) is 0 Å². The van der Waals surface area contributed by atoms with Gasteiger partial charge < -0.3 is 5.32 Å². The minimum atomic E-state index is 0.346. The number of hydrogen-bond donors (Lipinski definition) is 1. The van der Waals surface area contributed by atoms with Crippen LogP contribution >= 0.6 is 0 Å². The van der Waals surface area contributed by atoms with Crippen molar-refractivity contribution in [1.29, 1.82) is 0 Å². The largest absolute Gasteiger partial charge is 0.312 e. The molecular weight excluding hydrogens is 160 g/mol. The number of likely N-dealkylation sites (tertiary alicyclic amines) is 1. The van der Waals surface area contributed by atoms with Crippen LogP contribution in [0.2, 0.25) is 0 Å². The van der Waals surface area contributed by atoms with Crippen LogP contribution in [0.25, 0.3) is 0 Å². The Bertz CT molecular complexity index is 207. The number of piperidine rings is 1. The smallest absolute Gasteiger partial charge is 0.0261 e. The first kappa shape index (κ1) is 9.47. The molecule has 2 aliphatic heterocycles. The van der Waals surface area contributed by atoms with Gasteiger partial charge >= 0.3 is 0 Å². The van der Waals surface area contributed by atoms with Gasteiger partial charge in [0.2, 0.25) is 0 Å². The van der Waals surface area contributed by atoms with Crippen molar-refractivity contribution >= 4 is 0 Å². The van der Waals surface area contributed by atoms with E-state index in [1.807, 2.05) is 0 Å². The third-order valence-electron chi connectivity index (χ3n) is 3.90. The fourth-order valence-corrected chi connectivity index (χ4v) is 2.45. The van der Waals surface area contributed by atoms with Crippen molar-refractivity contribution in [3.63, 3.8) is 0 Å². The van der Waals surface area contributed by atoms with Crippen LogP contribution in [-0.2, 0) is 0 Å². The van der Waals surface area contributed by atoms with Crippen molar-refractivity contribution < 1.29 is 0 Å². The Kier molecular flexibility index (Phi) is 1.97. The summed E-state index contributed by atoms with van der Waals surface area (Å²) in [4.78, 5) is 2.60. The summed E-state index contributed by atoms with van der Waals surface area (Å²) in [6.45, 7) is 13.1. The molecule has 0 aromatic rings. The molecule has 2 heteroatoms. The molecule has 0 aliphatic carbocycles. The fraction of sp³-hybridized carbons (Fsp3) is 1.00. The second-order valence-electron chi connectivity index (χ2n) is 5.95. The van der Waals surface area contributed by atoms with Gasteiger partial charge in [0, 0.05) is 24.7 Å². The first-order valence-corrected chi connectivity index (χ1v) is 5.40. The molecule has 0 radical (unpaired) electrons. The van der Waals surface area contributed by atoms with Crippen molar-refractivity contribution in [3.8, 4) is 0 Å². The quantitative estimate of drug-likeness (QED) is 0.610. The van der Waals surface area contributed by atoms with Crippen molar-refractivity contribution in [1.82, 2.24) is 10.2 Å². The molecule has 2 fully saturated rings. The average molecular weight is 182 g/mol. The minimum Gasteiger partial charge on any atom is -0.312 e. The highest BCUT2D eigenvalue weighted by Crippen LogP contribution is 2.38. The Morgan fingerprint density at radius 1 is 1.38 bits per heavy atom. The van der Waals surface area contributed by atoms with Crippen molar-refractivity contribution in [2.24, 2.45) is 5.41 Å².